The minimum absolute atomic E-state index is 0.206. The molecule has 0 heterocycles. The number of fused-ring (bicyclic) bond motifs is 1. The van der Waals surface area contributed by atoms with Gasteiger partial charge in [0.25, 0.3) is 0 Å². The quantitative estimate of drug-likeness (QED) is 0.631. The highest BCUT2D eigenvalue weighted by molar-refractivity contribution is 9.10. The molecule has 4 nitrogen and oxygen atoms in total. The molecule has 2 rings (SSSR count). The zero-order valence-corrected chi connectivity index (χ0v) is 9.58. The molecule has 0 unspecified atom stereocenters. The summed E-state index contributed by atoms with van der Waals surface area (Å²) in [5, 5.41) is 20.3. The third-order valence-electron chi connectivity index (χ3n) is 2.73. The number of phenols is 1. The molecule has 0 spiro atoms. The maximum Gasteiger partial charge on any atom is 0.312 e. The van der Waals surface area contributed by atoms with Crippen molar-refractivity contribution < 1.29 is 10.0 Å². The molecule has 0 aromatic heterocycles. The average Bonchev–Trinajstić information content (AvgIpc) is 2.23. The number of nitro benzene ring substituents is 1. The van der Waals surface area contributed by atoms with Crippen LogP contribution in [0.15, 0.2) is 10.5 Å². The molecule has 1 N–H and O–H groups in total. The van der Waals surface area contributed by atoms with E-state index in [9.17, 15) is 15.2 Å². The van der Waals surface area contributed by atoms with E-state index in [4.69, 9.17) is 0 Å². The molecule has 15 heavy (non-hydrogen) atoms. The molecule has 0 radical (unpaired) electrons. The minimum atomic E-state index is -0.547. The van der Waals surface area contributed by atoms with E-state index < -0.39 is 4.92 Å². The van der Waals surface area contributed by atoms with Crippen molar-refractivity contribution in [1.29, 1.82) is 0 Å². The van der Waals surface area contributed by atoms with Crippen LogP contribution in [-0.4, -0.2) is 10.0 Å². The summed E-state index contributed by atoms with van der Waals surface area (Å²) in [6, 6.07) is 1.49. The van der Waals surface area contributed by atoms with Gasteiger partial charge in [-0.05, 0) is 52.7 Å². The number of benzene rings is 1. The lowest BCUT2D eigenvalue weighted by Gasteiger charge is -2.17. The number of phenolic OH excluding ortho intramolecular Hbond substituents is 1. The summed E-state index contributed by atoms with van der Waals surface area (Å²) >= 11 is 3.23. The van der Waals surface area contributed by atoms with E-state index in [2.05, 4.69) is 15.9 Å². The SMILES string of the molecule is O=[N+]([O-])c1cc2c(c(Br)c1O)CCCC2. The highest BCUT2D eigenvalue weighted by Gasteiger charge is 2.23. The average molecular weight is 272 g/mol. The summed E-state index contributed by atoms with van der Waals surface area (Å²) in [6.45, 7) is 0. The normalized spacial score (nSPS) is 14.7. The third kappa shape index (κ3) is 1.71. The van der Waals surface area contributed by atoms with Gasteiger partial charge in [-0.1, -0.05) is 0 Å². The van der Waals surface area contributed by atoms with Crippen LogP contribution >= 0.6 is 15.9 Å². The summed E-state index contributed by atoms with van der Waals surface area (Å²) in [5.41, 5.74) is 1.80. The van der Waals surface area contributed by atoms with Crippen molar-refractivity contribution in [2.45, 2.75) is 25.7 Å². The molecule has 0 amide bonds. The van der Waals surface area contributed by atoms with E-state index in [0.717, 1.165) is 36.8 Å². The van der Waals surface area contributed by atoms with Crippen LogP contribution in [-0.2, 0) is 12.8 Å². The second-order valence-electron chi connectivity index (χ2n) is 3.66. The van der Waals surface area contributed by atoms with E-state index in [1.807, 2.05) is 0 Å². The van der Waals surface area contributed by atoms with Gasteiger partial charge in [-0.25, -0.2) is 0 Å². The number of aryl methyl sites for hydroxylation is 1. The zero-order valence-electron chi connectivity index (χ0n) is 7.99. The van der Waals surface area contributed by atoms with E-state index in [0.29, 0.717) is 4.47 Å². The van der Waals surface area contributed by atoms with Gasteiger partial charge < -0.3 is 5.11 Å². The number of aromatic hydroxyl groups is 1. The number of halogens is 1. The van der Waals surface area contributed by atoms with Crippen LogP contribution in [0.4, 0.5) is 5.69 Å². The first-order valence-electron chi connectivity index (χ1n) is 4.79. The Labute approximate surface area is 95.2 Å². The molecule has 1 aromatic rings. The van der Waals surface area contributed by atoms with E-state index in [1.54, 1.807) is 0 Å². The summed E-state index contributed by atoms with van der Waals surface area (Å²) in [6.07, 6.45) is 3.86. The number of hydrogen-bond acceptors (Lipinski definition) is 3. The smallest absolute Gasteiger partial charge is 0.312 e. The summed E-state index contributed by atoms with van der Waals surface area (Å²) in [5.74, 6) is -0.249. The molecule has 0 saturated carbocycles. The summed E-state index contributed by atoms with van der Waals surface area (Å²) < 4.78 is 0.492. The number of hydrogen-bond donors (Lipinski definition) is 1. The van der Waals surface area contributed by atoms with Gasteiger partial charge in [-0.15, -0.1) is 0 Å². The number of nitrogens with zero attached hydrogens (tertiary/aromatic N) is 1. The Bertz CT molecular complexity index is 431. The van der Waals surface area contributed by atoms with Crippen molar-refractivity contribution in [3.8, 4) is 5.75 Å². The Morgan fingerprint density at radius 2 is 2.07 bits per heavy atom. The Balaban J connectivity index is 2.63. The molecular weight excluding hydrogens is 262 g/mol. The van der Waals surface area contributed by atoms with Crippen LogP contribution in [0, 0.1) is 10.1 Å². The predicted molar refractivity (Wildman–Crippen MR) is 59.1 cm³/mol. The first-order valence-corrected chi connectivity index (χ1v) is 5.58. The number of rotatable bonds is 1. The van der Waals surface area contributed by atoms with Gasteiger partial charge in [0.1, 0.15) is 0 Å². The first-order chi connectivity index (χ1) is 7.11. The van der Waals surface area contributed by atoms with Crippen LogP contribution in [0.5, 0.6) is 5.75 Å². The molecule has 0 bridgehead atoms. The van der Waals surface area contributed by atoms with Crippen LogP contribution in [0.3, 0.4) is 0 Å². The summed E-state index contributed by atoms with van der Waals surface area (Å²) in [7, 11) is 0. The van der Waals surface area contributed by atoms with Crippen molar-refractivity contribution in [2.75, 3.05) is 0 Å². The molecule has 1 aliphatic carbocycles. The topological polar surface area (TPSA) is 63.4 Å². The van der Waals surface area contributed by atoms with Crippen molar-refractivity contribution in [3.63, 3.8) is 0 Å². The Morgan fingerprint density at radius 1 is 1.40 bits per heavy atom. The molecule has 0 aliphatic heterocycles. The predicted octanol–water partition coefficient (Wildman–Crippen LogP) is 2.94. The molecule has 1 aromatic carbocycles. The fourth-order valence-electron chi connectivity index (χ4n) is 1.97. The first kappa shape index (κ1) is 10.4. The van der Waals surface area contributed by atoms with E-state index >= 15 is 0 Å². The van der Waals surface area contributed by atoms with Crippen LogP contribution in [0.2, 0.25) is 0 Å². The Morgan fingerprint density at radius 3 is 2.73 bits per heavy atom. The minimum Gasteiger partial charge on any atom is -0.501 e. The lowest BCUT2D eigenvalue weighted by Crippen LogP contribution is -2.05. The maximum absolute atomic E-state index is 10.7. The fourth-order valence-corrected chi connectivity index (χ4v) is 2.62. The number of nitro groups is 1. The van der Waals surface area contributed by atoms with Gasteiger partial charge in [0.15, 0.2) is 0 Å². The largest absolute Gasteiger partial charge is 0.501 e. The second kappa shape index (κ2) is 3.81. The monoisotopic (exact) mass is 271 g/mol. The van der Waals surface area contributed by atoms with Gasteiger partial charge in [0.05, 0.1) is 9.40 Å². The lowest BCUT2D eigenvalue weighted by molar-refractivity contribution is -0.386. The van der Waals surface area contributed by atoms with Gasteiger partial charge >= 0.3 is 5.69 Å². The zero-order chi connectivity index (χ0) is 11.0. The van der Waals surface area contributed by atoms with Crippen LogP contribution in [0.25, 0.3) is 0 Å². The van der Waals surface area contributed by atoms with Crippen LogP contribution < -0.4 is 0 Å². The molecular formula is C10H10BrNO3. The lowest BCUT2D eigenvalue weighted by atomic mass is 9.91. The highest BCUT2D eigenvalue weighted by atomic mass is 79.9. The molecule has 0 fully saturated rings. The van der Waals surface area contributed by atoms with Gasteiger partial charge in [0.2, 0.25) is 5.75 Å². The van der Waals surface area contributed by atoms with Gasteiger partial charge in [-0.2, -0.15) is 0 Å². The van der Waals surface area contributed by atoms with Crippen molar-refractivity contribution in [3.05, 3.63) is 31.8 Å². The van der Waals surface area contributed by atoms with Gasteiger partial charge in [0, 0.05) is 6.07 Å². The summed E-state index contributed by atoms with van der Waals surface area (Å²) in [4.78, 5) is 10.1. The van der Waals surface area contributed by atoms with Crippen molar-refractivity contribution >= 4 is 21.6 Å². The molecule has 0 atom stereocenters. The Kier molecular flexibility index (Phi) is 2.65. The fraction of sp³-hybridized carbons (Fsp3) is 0.400. The maximum atomic E-state index is 10.7. The second-order valence-corrected chi connectivity index (χ2v) is 4.45. The van der Waals surface area contributed by atoms with E-state index in [1.165, 1.54) is 6.07 Å². The van der Waals surface area contributed by atoms with Crippen molar-refractivity contribution in [2.24, 2.45) is 0 Å². The van der Waals surface area contributed by atoms with E-state index in [-0.39, 0.29) is 11.4 Å². The molecule has 0 saturated heterocycles. The standard InChI is InChI=1S/C10H10BrNO3/c11-9-7-4-2-1-3-6(7)5-8(10(9)13)12(14)15/h5,13H,1-4H2. The van der Waals surface area contributed by atoms with Crippen molar-refractivity contribution in [1.82, 2.24) is 0 Å². The molecule has 5 heteroatoms. The highest BCUT2D eigenvalue weighted by Crippen LogP contribution is 2.41. The molecule has 80 valence electrons. The van der Waals surface area contributed by atoms with Gasteiger partial charge in [-0.3, -0.25) is 10.1 Å². The Hall–Kier alpha value is -1.10. The van der Waals surface area contributed by atoms with Crippen LogP contribution in [0.1, 0.15) is 24.0 Å². The third-order valence-corrected chi connectivity index (χ3v) is 3.59. The molecule has 1 aliphatic rings.